The fraction of sp³-hybridized carbons (Fsp3) is 0.250. The van der Waals surface area contributed by atoms with Crippen LogP contribution in [0.1, 0.15) is 11.3 Å². The number of rotatable bonds is 3. The van der Waals surface area contributed by atoms with Gasteiger partial charge in [0.15, 0.2) is 0 Å². The number of hydrogen-bond acceptors (Lipinski definition) is 2. The van der Waals surface area contributed by atoms with Crippen LogP contribution < -0.4 is 4.74 Å². The summed E-state index contributed by atoms with van der Waals surface area (Å²) in [6, 6.07) is 5.92. The fourth-order valence-corrected chi connectivity index (χ4v) is 2.22. The van der Waals surface area contributed by atoms with Crippen molar-refractivity contribution in [2.75, 3.05) is 0 Å². The number of nitrogens with zero attached hydrogens (tertiary/aromatic N) is 2. The Kier molecular flexibility index (Phi) is 3.47. The first-order valence-electron chi connectivity index (χ1n) is 5.13. The van der Waals surface area contributed by atoms with E-state index in [0.717, 1.165) is 11.3 Å². The maximum atomic E-state index is 12.8. The van der Waals surface area contributed by atoms with Gasteiger partial charge in [-0.3, -0.25) is 0 Å². The Labute approximate surface area is 107 Å². The third-order valence-corrected chi connectivity index (χ3v) is 3.01. The van der Waals surface area contributed by atoms with Crippen molar-refractivity contribution in [3.05, 3.63) is 41.3 Å². The quantitative estimate of drug-likeness (QED) is 0.810. The van der Waals surface area contributed by atoms with Crippen molar-refractivity contribution in [3.8, 4) is 11.6 Å². The molecule has 0 saturated carbocycles. The van der Waals surface area contributed by atoms with E-state index in [-0.39, 0.29) is 5.82 Å². The molecule has 0 aliphatic carbocycles. The van der Waals surface area contributed by atoms with E-state index < -0.39 is 0 Å². The summed E-state index contributed by atoms with van der Waals surface area (Å²) in [6.45, 7) is 1.92. The lowest BCUT2D eigenvalue weighted by Gasteiger charge is -2.07. The molecule has 0 radical (unpaired) electrons. The zero-order valence-electron chi connectivity index (χ0n) is 9.58. The van der Waals surface area contributed by atoms with Crippen LogP contribution >= 0.6 is 15.9 Å². The van der Waals surface area contributed by atoms with Crippen LogP contribution in [-0.4, -0.2) is 9.78 Å². The molecule has 0 aliphatic rings. The minimum Gasteiger partial charge on any atom is -0.439 e. The van der Waals surface area contributed by atoms with E-state index in [0.29, 0.717) is 17.0 Å². The van der Waals surface area contributed by atoms with Crippen LogP contribution in [0.3, 0.4) is 0 Å². The fourth-order valence-electron chi connectivity index (χ4n) is 1.58. The van der Waals surface area contributed by atoms with Crippen LogP contribution in [0.15, 0.2) is 24.3 Å². The summed E-state index contributed by atoms with van der Waals surface area (Å²) in [5.41, 5.74) is 1.92. The Balaban J connectivity index is 2.32. The van der Waals surface area contributed by atoms with Crippen molar-refractivity contribution >= 4 is 15.9 Å². The Bertz CT molecular complexity index is 522. The third kappa shape index (κ3) is 2.49. The zero-order valence-corrected chi connectivity index (χ0v) is 11.2. The molecule has 0 atom stereocenters. The van der Waals surface area contributed by atoms with Crippen molar-refractivity contribution in [1.29, 1.82) is 0 Å². The standard InChI is InChI=1S/C12H12BrFN2O/c1-8-11(7-13)12(16(2)15-8)17-10-5-3-9(14)4-6-10/h3-6H,7H2,1-2H3. The highest BCUT2D eigenvalue weighted by molar-refractivity contribution is 9.08. The van der Waals surface area contributed by atoms with Crippen LogP contribution in [0.25, 0.3) is 0 Å². The van der Waals surface area contributed by atoms with E-state index in [1.165, 1.54) is 12.1 Å². The van der Waals surface area contributed by atoms with Crippen LogP contribution in [0, 0.1) is 12.7 Å². The number of halogens is 2. The number of ether oxygens (including phenoxy) is 1. The van der Waals surface area contributed by atoms with Gasteiger partial charge in [-0.05, 0) is 31.2 Å². The summed E-state index contributed by atoms with van der Waals surface area (Å²) in [5, 5.41) is 4.95. The molecule has 0 unspecified atom stereocenters. The number of benzene rings is 1. The average molecular weight is 299 g/mol. The molecule has 0 spiro atoms. The minimum absolute atomic E-state index is 0.278. The molecule has 0 saturated heterocycles. The average Bonchev–Trinajstić information content (AvgIpc) is 2.57. The van der Waals surface area contributed by atoms with E-state index in [1.54, 1.807) is 16.8 Å². The summed E-state index contributed by atoms with van der Waals surface area (Å²) in [5.74, 6) is 0.988. The van der Waals surface area contributed by atoms with Crippen molar-refractivity contribution in [2.24, 2.45) is 7.05 Å². The van der Waals surface area contributed by atoms with Crippen molar-refractivity contribution < 1.29 is 9.13 Å². The lowest BCUT2D eigenvalue weighted by Crippen LogP contribution is -1.96. The van der Waals surface area contributed by atoms with Gasteiger partial charge in [0, 0.05) is 17.9 Å². The summed E-state index contributed by atoms with van der Waals surface area (Å²) >= 11 is 3.40. The SMILES string of the molecule is Cc1nn(C)c(Oc2ccc(F)cc2)c1CBr. The van der Waals surface area contributed by atoms with Crippen molar-refractivity contribution in [3.63, 3.8) is 0 Å². The van der Waals surface area contributed by atoms with Gasteiger partial charge >= 0.3 is 0 Å². The normalized spacial score (nSPS) is 10.6. The lowest BCUT2D eigenvalue weighted by atomic mass is 10.3. The molecular weight excluding hydrogens is 287 g/mol. The summed E-state index contributed by atoms with van der Waals surface area (Å²) in [7, 11) is 1.82. The third-order valence-electron chi connectivity index (χ3n) is 2.45. The second-order valence-electron chi connectivity index (χ2n) is 3.68. The van der Waals surface area contributed by atoms with Crippen LogP contribution in [0.2, 0.25) is 0 Å². The maximum absolute atomic E-state index is 12.8. The van der Waals surface area contributed by atoms with E-state index in [4.69, 9.17) is 4.74 Å². The Morgan fingerprint density at radius 3 is 2.59 bits per heavy atom. The number of aromatic nitrogens is 2. The Morgan fingerprint density at radius 1 is 1.35 bits per heavy atom. The number of hydrogen-bond donors (Lipinski definition) is 0. The first-order valence-corrected chi connectivity index (χ1v) is 6.26. The van der Waals surface area contributed by atoms with Gasteiger partial charge in [0.25, 0.3) is 0 Å². The van der Waals surface area contributed by atoms with Gasteiger partial charge in [-0.25, -0.2) is 9.07 Å². The van der Waals surface area contributed by atoms with Crippen molar-refractivity contribution in [1.82, 2.24) is 9.78 Å². The number of aryl methyl sites for hydroxylation is 2. The second-order valence-corrected chi connectivity index (χ2v) is 4.24. The van der Waals surface area contributed by atoms with E-state index >= 15 is 0 Å². The highest BCUT2D eigenvalue weighted by atomic mass is 79.9. The molecule has 2 rings (SSSR count). The molecule has 2 aromatic rings. The van der Waals surface area contributed by atoms with Gasteiger partial charge < -0.3 is 4.74 Å². The van der Waals surface area contributed by atoms with Crippen LogP contribution in [-0.2, 0) is 12.4 Å². The predicted molar refractivity (Wildman–Crippen MR) is 67.1 cm³/mol. The highest BCUT2D eigenvalue weighted by Crippen LogP contribution is 2.28. The molecule has 0 aliphatic heterocycles. The first-order chi connectivity index (χ1) is 8.11. The number of alkyl halides is 1. The summed E-state index contributed by atoms with van der Waals surface area (Å²) in [6.07, 6.45) is 0. The van der Waals surface area contributed by atoms with Gasteiger partial charge in [-0.2, -0.15) is 5.10 Å². The molecule has 1 aromatic heterocycles. The van der Waals surface area contributed by atoms with Gasteiger partial charge in [0.05, 0.1) is 5.69 Å². The lowest BCUT2D eigenvalue weighted by molar-refractivity contribution is 0.426. The molecule has 1 heterocycles. The summed E-state index contributed by atoms with van der Waals surface area (Å²) < 4.78 is 20.2. The summed E-state index contributed by atoms with van der Waals surface area (Å²) in [4.78, 5) is 0. The first kappa shape index (κ1) is 12.1. The second kappa shape index (κ2) is 4.87. The molecule has 90 valence electrons. The van der Waals surface area contributed by atoms with Gasteiger partial charge in [0.1, 0.15) is 11.6 Å². The largest absolute Gasteiger partial charge is 0.439 e. The molecule has 3 nitrogen and oxygen atoms in total. The van der Waals surface area contributed by atoms with Gasteiger partial charge in [-0.1, -0.05) is 15.9 Å². The minimum atomic E-state index is -0.278. The Hall–Kier alpha value is -1.36. The molecule has 1 aromatic carbocycles. The molecule has 0 bridgehead atoms. The van der Waals surface area contributed by atoms with Gasteiger partial charge in [0.2, 0.25) is 5.88 Å². The monoisotopic (exact) mass is 298 g/mol. The molecule has 5 heteroatoms. The molecule has 17 heavy (non-hydrogen) atoms. The van der Waals surface area contributed by atoms with E-state index in [1.807, 2.05) is 14.0 Å². The van der Waals surface area contributed by atoms with Crippen LogP contribution in [0.4, 0.5) is 4.39 Å². The Morgan fingerprint density at radius 2 is 2.00 bits per heavy atom. The smallest absolute Gasteiger partial charge is 0.221 e. The molecule has 0 fully saturated rings. The highest BCUT2D eigenvalue weighted by Gasteiger charge is 2.14. The molecular formula is C12H12BrFN2O. The maximum Gasteiger partial charge on any atom is 0.221 e. The van der Waals surface area contributed by atoms with E-state index in [9.17, 15) is 4.39 Å². The van der Waals surface area contributed by atoms with Crippen LogP contribution in [0.5, 0.6) is 11.6 Å². The van der Waals surface area contributed by atoms with Gasteiger partial charge in [-0.15, -0.1) is 0 Å². The topological polar surface area (TPSA) is 27.1 Å². The van der Waals surface area contributed by atoms with Crippen molar-refractivity contribution in [2.45, 2.75) is 12.3 Å². The molecule has 0 N–H and O–H groups in total. The predicted octanol–water partition coefficient (Wildman–Crippen LogP) is 3.55. The van der Waals surface area contributed by atoms with E-state index in [2.05, 4.69) is 21.0 Å². The molecule has 0 amide bonds. The zero-order chi connectivity index (χ0) is 12.4.